The van der Waals surface area contributed by atoms with Gasteiger partial charge in [-0.05, 0) is 57.6 Å². The molecule has 6 rings (SSSR count). The van der Waals surface area contributed by atoms with Crippen LogP contribution in [0.4, 0.5) is 10.5 Å². The van der Waals surface area contributed by atoms with E-state index >= 15 is 0 Å². The van der Waals surface area contributed by atoms with E-state index < -0.39 is 11.7 Å². The Hall–Kier alpha value is -4.05. The second-order valence-corrected chi connectivity index (χ2v) is 12.7. The van der Waals surface area contributed by atoms with Gasteiger partial charge in [-0.1, -0.05) is 30.3 Å². The number of amides is 2. The molecule has 2 aromatic carbocycles. The van der Waals surface area contributed by atoms with Crippen LogP contribution in [0.15, 0.2) is 59.4 Å². The van der Waals surface area contributed by atoms with Gasteiger partial charge in [0.15, 0.2) is 0 Å². The quantitative estimate of drug-likeness (QED) is 0.518. The molecule has 10 heteroatoms. The summed E-state index contributed by atoms with van der Waals surface area (Å²) in [6, 6.07) is 17.5. The first-order chi connectivity index (χ1) is 19.5. The zero-order valence-electron chi connectivity index (χ0n) is 24.2. The Morgan fingerprint density at radius 1 is 0.927 bits per heavy atom. The molecule has 0 unspecified atom stereocenters. The van der Waals surface area contributed by atoms with Crippen LogP contribution in [-0.4, -0.2) is 76.3 Å². The van der Waals surface area contributed by atoms with Gasteiger partial charge in [-0.15, -0.1) is 0 Å². The smallest absolute Gasteiger partial charge is 0.410 e. The normalized spacial score (nSPS) is 18.0. The summed E-state index contributed by atoms with van der Waals surface area (Å²) < 4.78 is 8.68. The molecule has 2 amide bonds. The second-order valence-electron chi connectivity index (χ2n) is 12.7. The van der Waals surface area contributed by atoms with E-state index in [2.05, 4.69) is 22.2 Å². The van der Waals surface area contributed by atoms with Gasteiger partial charge in [0.2, 0.25) is 0 Å². The van der Waals surface area contributed by atoms with Crippen LogP contribution in [-0.2, 0) is 24.4 Å². The van der Waals surface area contributed by atoms with Crippen LogP contribution in [0.2, 0.25) is 0 Å². The molecule has 1 aromatic heterocycles. The van der Waals surface area contributed by atoms with E-state index in [0.717, 1.165) is 37.4 Å². The highest BCUT2D eigenvalue weighted by Crippen LogP contribution is 2.41. The van der Waals surface area contributed by atoms with Crippen LogP contribution in [0.3, 0.4) is 0 Å². The molecule has 10 nitrogen and oxygen atoms in total. The van der Waals surface area contributed by atoms with Gasteiger partial charge in [-0.2, -0.15) is 0 Å². The van der Waals surface area contributed by atoms with E-state index in [4.69, 9.17) is 4.74 Å². The Morgan fingerprint density at radius 2 is 1.59 bits per heavy atom. The fourth-order valence-electron chi connectivity index (χ4n) is 6.33. The van der Waals surface area contributed by atoms with Crippen molar-refractivity contribution in [3.05, 3.63) is 82.0 Å². The second kappa shape index (κ2) is 10.1. The van der Waals surface area contributed by atoms with Crippen molar-refractivity contribution in [3.8, 4) is 5.69 Å². The molecule has 3 aliphatic heterocycles. The molecule has 1 spiro atoms. The zero-order chi connectivity index (χ0) is 28.9. The van der Waals surface area contributed by atoms with Gasteiger partial charge in [0.05, 0.1) is 17.9 Å². The summed E-state index contributed by atoms with van der Waals surface area (Å²) in [6.45, 7) is 10.8. The number of ether oxygens (including phenoxy) is 1. The number of imidazole rings is 1. The van der Waals surface area contributed by atoms with Crippen LogP contribution in [0, 0.1) is 5.41 Å². The number of rotatable bonds is 5. The van der Waals surface area contributed by atoms with Crippen LogP contribution >= 0.6 is 0 Å². The van der Waals surface area contributed by atoms with Gasteiger partial charge in [0, 0.05) is 56.9 Å². The first-order valence-corrected chi connectivity index (χ1v) is 14.2. The molecule has 2 saturated heterocycles. The van der Waals surface area contributed by atoms with Crippen molar-refractivity contribution < 1.29 is 14.3 Å². The molecule has 216 valence electrons. The summed E-state index contributed by atoms with van der Waals surface area (Å²) in [4.78, 5) is 46.7. The lowest BCUT2D eigenvalue weighted by Gasteiger charge is -2.60. The number of nitrogens with zero attached hydrogens (tertiary/aromatic N) is 5. The number of hydrogen-bond acceptors (Lipinski definition) is 6. The first kappa shape index (κ1) is 27.1. The van der Waals surface area contributed by atoms with E-state index in [0.29, 0.717) is 29.9 Å². The minimum absolute atomic E-state index is 0.105. The van der Waals surface area contributed by atoms with Crippen LogP contribution in [0.5, 0.6) is 0 Å². The minimum atomic E-state index is -0.650. The van der Waals surface area contributed by atoms with Crippen LogP contribution in [0.1, 0.15) is 42.5 Å². The molecule has 1 N–H and O–H groups in total. The molecule has 3 aromatic rings. The standard InChI is InChI=1S/C31H38N6O4/c1-30(2,3)41-29(40)34-14-15-36-25(17-34)26(27(38)32-16-22-8-6-5-7-9-22)37(28(36)39)24-12-10-23(11-13-24)35-20-31(21-35)18-33(4)19-31/h5-13H,14-21H2,1-4H3,(H,32,38). The fourth-order valence-corrected chi connectivity index (χ4v) is 6.33. The number of benzene rings is 2. The Morgan fingerprint density at radius 3 is 2.22 bits per heavy atom. The third kappa shape index (κ3) is 5.24. The predicted molar refractivity (Wildman–Crippen MR) is 156 cm³/mol. The van der Waals surface area contributed by atoms with Crippen molar-refractivity contribution in [3.63, 3.8) is 0 Å². The molecule has 0 radical (unpaired) electrons. The van der Waals surface area contributed by atoms with E-state index in [1.54, 1.807) is 9.47 Å². The fraction of sp³-hybridized carbons (Fsp3) is 0.452. The largest absolute Gasteiger partial charge is 0.444 e. The number of carbonyl (C=O) groups is 2. The molecule has 41 heavy (non-hydrogen) atoms. The zero-order valence-corrected chi connectivity index (χ0v) is 24.2. The predicted octanol–water partition coefficient (Wildman–Crippen LogP) is 3.07. The van der Waals surface area contributed by atoms with E-state index in [1.807, 2.05) is 75.4 Å². The molecule has 3 aliphatic rings. The minimum Gasteiger partial charge on any atom is -0.444 e. The maximum Gasteiger partial charge on any atom is 0.410 e. The Kier molecular flexibility index (Phi) is 6.68. The van der Waals surface area contributed by atoms with Gasteiger partial charge < -0.3 is 24.8 Å². The van der Waals surface area contributed by atoms with Crippen molar-refractivity contribution in [2.75, 3.05) is 44.7 Å². The molecule has 0 atom stereocenters. The van der Waals surface area contributed by atoms with Crippen molar-refractivity contribution >= 4 is 17.7 Å². The Bertz CT molecular complexity index is 1500. The number of anilines is 1. The highest BCUT2D eigenvalue weighted by Gasteiger charge is 2.50. The highest BCUT2D eigenvalue weighted by atomic mass is 16.6. The summed E-state index contributed by atoms with van der Waals surface area (Å²) >= 11 is 0. The SMILES string of the molecule is CN1CC2(C1)CN(c1ccc(-n3c(C(=O)NCc4ccccc4)c4n(c3=O)CCN(C(=O)OC(C)(C)C)C4)cc1)C2. The third-order valence-corrected chi connectivity index (χ3v) is 8.08. The maximum atomic E-state index is 13.8. The van der Waals surface area contributed by atoms with E-state index in [9.17, 15) is 14.4 Å². The van der Waals surface area contributed by atoms with Crippen molar-refractivity contribution in [2.45, 2.75) is 46.0 Å². The van der Waals surface area contributed by atoms with Crippen molar-refractivity contribution in [2.24, 2.45) is 5.41 Å². The molecular formula is C31H38N6O4. The van der Waals surface area contributed by atoms with Crippen molar-refractivity contribution in [1.29, 1.82) is 0 Å². The Labute approximate surface area is 240 Å². The van der Waals surface area contributed by atoms with Gasteiger partial charge in [-0.25, -0.2) is 9.59 Å². The molecule has 0 aliphatic carbocycles. The van der Waals surface area contributed by atoms with E-state index in [-0.39, 0.29) is 30.4 Å². The summed E-state index contributed by atoms with van der Waals surface area (Å²) in [7, 11) is 2.15. The summed E-state index contributed by atoms with van der Waals surface area (Å²) in [5, 5.41) is 2.99. The number of carbonyl (C=O) groups excluding carboxylic acids is 2. The van der Waals surface area contributed by atoms with Gasteiger partial charge in [-0.3, -0.25) is 13.9 Å². The summed E-state index contributed by atoms with van der Waals surface area (Å²) in [5.74, 6) is -0.367. The lowest BCUT2D eigenvalue weighted by atomic mass is 9.73. The Balaban J connectivity index is 1.30. The van der Waals surface area contributed by atoms with Gasteiger partial charge in [0.25, 0.3) is 5.91 Å². The van der Waals surface area contributed by atoms with Gasteiger partial charge in [0.1, 0.15) is 11.3 Å². The number of hydrogen-bond donors (Lipinski definition) is 1. The third-order valence-electron chi connectivity index (χ3n) is 8.08. The number of likely N-dealkylation sites (tertiary alicyclic amines) is 1. The number of fused-ring (bicyclic) bond motifs is 1. The van der Waals surface area contributed by atoms with Crippen LogP contribution < -0.4 is 15.9 Å². The van der Waals surface area contributed by atoms with Crippen molar-refractivity contribution in [1.82, 2.24) is 24.3 Å². The summed E-state index contributed by atoms with van der Waals surface area (Å²) in [6.07, 6.45) is -0.464. The molecule has 2 fully saturated rings. The molecule has 0 bridgehead atoms. The first-order valence-electron chi connectivity index (χ1n) is 14.2. The summed E-state index contributed by atoms with van der Waals surface area (Å²) in [5.41, 5.74) is 2.89. The van der Waals surface area contributed by atoms with E-state index in [1.165, 1.54) is 4.57 Å². The highest BCUT2D eigenvalue weighted by molar-refractivity contribution is 5.94. The maximum absolute atomic E-state index is 13.8. The molecular weight excluding hydrogens is 520 g/mol. The molecule has 0 saturated carbocycles. The van der Waals surface area contributed by atoms with Crippen LogP contribution in [0.25, 0.3) is 5.69 Å². The topological polar surface area (TPSA) is 92.0 Å². The average Bonchev–Trinajstić information content (AvgIpc) is 3.20. The monoisotopic (exact) mass is 558 g/mol. The lowest BCUT2D eigenvalue weighted by molar-refractivity contribution is -0.00239. The number of aromatic nitrogens is 2. The average molecular weight is 559 g/mol. The molecule has 4 heterocycles. The lowest BCUT2D eigenvalue weighted by Crippen LogP contribution is -2.71. The number of nitrogens with one attached hydrogen (secondary N) is 1. The van der Waals surface area contributed by atoms with Gasteiger partial charge >= 0.3 is 11.8 Å².